The Balaban J connectivity index is 1.81. The molecule has 1 aromatic carbocycles. The minimum absolute atomic E-state index is 0.165. The van der Waals surface area contributed by atoms with Crippen LogP contribution in [0.25, 0.3) is 0 Å². The highest BCUT2D eigenvalue weighted by atomic mass is 16.5. The van der Waals surface area contributed by atoms with Crippen LogP contribution in [0.5, 0.6) is 0 Å². The molecule has 104 valence electrons. The van der Waals surface area contributed by atoms with Crippen LogP contribution in [0.1, 0.15) is 35.7 Å². The molecule has 0 amide bonds. The summed E-state index contributed by atoms with van der Waals surface area (Å²) in [6.07, 6.45) is 0.149. The first-order valence-corrected chi connectivity index (χ1v) is 6.34. The third-order valence-electron chi connectivity index (χ3n) is 3.45. The summed E-state index contributed by atoms with van der Waals surface area (Å²) in [4.78, 5) is 15.1. The lowest BCUT2D eigenvalue weighted by Crippen LogP contribution is -2.05. The first kappa shape index (κ1) is 12.8. The molecular weight excluding hydrogens is 260 g/mol. The molecule has 0 spiro atoms. The van der Waals surface area contributed by atoms with Gasteiger partial charge in [-0.05, 0) is 12.0 Å². The average molecular weight is 274 g/mol. The van der Waals surface area contributed by atoms with Crippen LogP contribution in [0.4, 0.5) is 0 Å². The Kier molecular flexibility index (Phi) is 3.23. The highest BCUT2D eigenvalue weighted by Crippen LogP contribution is 2.47. The fourth-order valence-electron chi connectivity index (χ4n) is 2.26. The van der Waals surface area contributed by atoms with Crippen molar-refractivity contribution in [2.75, 3.05) is 7.11 Å². The highest BCUT2D eigenvalue weighted by Gasteiger charge is 2.48. The number of aliphatic carboxylic acids is 1. The molecule has 3 unspecified atom stereocenters. The molecule has 1 saturated carbocycles. The predicted molar refractivity (Wildman–Crippen MR) is 68.1 cm³/mol. The van der Waals surface area contributed by atoms with Crippen molar-refractivity contribution in [3.63, 3.8) is 0 Å². The fourth-order valence-corrected chi connectivity index (χ4v) is 2.26. The van der Waals surface area contributed by atoms with Gasteiger partial charge in [-0.15, -0.1) is 0 Å². The Bertz CT molecular complexity index is 611. The number of aromatic nitrogens is 2. The Morgan fingerprint density at radius 2 is 2.20 bits per heavy atom. The van der Waals surface area contributed by atoms with Crippen LogP contribution in [0.15, 0.2) is 34.9 Å². The van der Waals surface area contributed by atoms with Gasteiger partial charge in [0.1, 0.15) is 6.10 Å². The first-order valence-electron chi connectivity index (χ1n) is 6.34. The van der Waals surface area contributed by atoms with Crippen LogP contribution < -0.4 is 0 Å². The molecule has 1 fully saturated rings. The normalized spacial score (nSPS) is 22.4. The summed E-state index contributed by atoms with van der Waals surface area (Å²) in [5.74, 6) is -0.584. The Hall–Kier alpha value is -2.21. The zero-order valence-electron chi connectivity index (χ0n) is 10.9. The predicted octanol–water partition coefficient (Wildman–Crippen LogP) is 1.99. The van der Waals surface area contributed by atoms with Crippen molar-refractivity contribution in [3.8, 4) is 0 Å². The molecule has 0 bridgehead atoms. The SMILES string of the molecule is COC(c1ccccc1)c1noc(C2CC2C(=O)O)n1. The molecule has 20 heavy (non-hydrogen) atoms. The second kappa shape index (κ2) is 5.05. The van der Waals surface area contributed by atoms with Gasteiger partial charge >= 0.3 is 5.97 Å². The van der Waals surface area contributed by atoms with Crippen LogP contribution >= 0.6 is 0 Å². The molecule has 0 radical (unpaired) electrons. The molecule has 1 N–H and O–H groups in total. The second-order valence-electron chi connectivity index (χ2n) is 4.80. The fraction of sp³-hybridized carbons (Fsp3) is 0.357. The molecule has 0 aliphatic heterocycles. The van der Waals surface area contributed by atoms with Crippen LogP contribution in [0, 0.1) is 5.92 Å². The van der Waals surface area contributed by atoms with Crippen LogP contribution in [0.3, 0.4) is 0 Å². The lowest BCUT2D eigenvalue weighted by molar-refractivity contribution is -0.138. The third-order valence-corrected chi connectivity index (χ3v) is 3.45. The van der Waals surface area contributed by atoms with Crippen molar-refractivity contribution in [2.24, 2.45) is 5.92 Å². The number of carbonyl (C=O) groups is 1. The van der Waals surface area contributed by atoms with Crippen LogP contribution in [0.2, 0.25) is 0 Å². The minimum atomic E-state index is -0.818. The number of rotatable bonds is 5. The van der Waals surface area contributed by atoms with E-state index in [0.29, 0.717) is 18.1 Å². The number of carboxylic acids is 1. The largest absolute Gasteiger partial charge is 0.481 e. The Morgan fingerprint density at radius 3 is 2.80 bits per heavy atom. The number of carboxylic acid groups (broad SMARTS) is 1. The van der Waals surface area contributed by atoms with Gasteiger partial charge in [-0.25, -0.2) is 0 Å². The molecule has 3 atom stereocenters. The number of hydrogen-bond acceptors (Lipinski definition) is 5. The van der Waals surface area contributed by atoms with Gasteiger partial charge in [-0.3, -0.25) is 4.79 Å². The summed E-state index contributed by atoms with van der Waals surface area (Å²) in [7, 11) is 1.57. The molecule has 1 aliphatic carbocycles. The second-order valence-corrected chi connectivity index (χ2v) is 4.80. The van der Waals surface area contributed by atoms with Gasteiger partial charge in [0.05, 0.1) is 11.8 Å². The van der Waals surface area contributed by atoms with Crippen molar-refractivity contribution in [2.45, 2.75) is 18.4 Å². The smallest absolute Gasteiger partial charge is 0.307 e. The summed E-state index contributed by atoms with van der Waals surface area (Å²) in [6.45, 7) is 0. The Labute approximate surface area is 115 Å². The van der Waals surface area contributed by atoms with E-state index in [1.54, 1.807) is 7.11 Å². The van der Waals surface area contributed by atoms with Crippen molar-refractivity contribution in [1.29, 1.82) is 0 Å². The maximum atomic E-state index is 10.8. The molecule has 1 aromatic heterocycles. The zero-order valence-corrected chi connectivity index (χ0v) is 10.9. The molecular formula is C14H14N2O4. The van der Waals surface area contributed by atoms with E-state index in [9.17, 15) is 4.79 Å². The number of ether oxygens (including phenoxy) is 1. The lowest BCUT2D eigenvalue weighted by atomic mass is 10.1. The zero-order chi connectivity index (χ0) is 14.1. The van der Waals surface area contributed by atoms with E-state index in [-0.39, 0.29) is 5.92 Å². The molecule has 6 heteroatoms. The topological polar surface area (TPSA) is 85.5 Å². The Morgan fingerprint density at radius 1 is 1.45 bits per heavy atom. The number of hydrogen-bond donors (Lipinski definition) is 1. The van der Waals surface area contributed by atoms with E-state index >= 15 is 0 Å². The molecule has 2 aromatic rings. The maximum Gasteiger partial charge on any atom is 0.307 e. The van der Waals surface area contributed by atoms with Gasteiger partial charge in [0.2, 0.25) is 11.7 Å². The first-order chi connectivity index (χ1) is 9.70. The van der Waals surface area contributed by atoms with Gasteiger partial charge in [0.25, 0.3) is 0 Å². The van der Waals surface area contributed by atoms with Gasteiger partial charge in [0.15, 0.2) is 0 Å². The molecule has 1 aliphatic rings. The van der Waals surface area contributed by atoms with Crippen LogP contribution in [-0.4, -0.2) is 28.3 Å². The minimum Gasteiger partial charge on any atom is -0.481 e. The quantitative estimate of drug-likeness (QED) is 0.897. The molecule has 6 nitrogen and oxygen atoms in total. The average Bonchev–Trinajstić information content (AvgIpc) is 3.13. The van der Waals surface area contributed by atoms with Gasteiger partial charge < -0.3 is 14.4 Å². The van der Waals surface area contributed by atoms with E-state index in [2.05, 4.69) is 10.1 Å². The lowest BCUT2D eigenvalue weighted by Gasteiger charge is -2.10. The monoisotopic (exact) mass is 274 g/mol. The van der Waals surface area contributed by atoms with Crippen molar-refractivity contribution in [1.82, 2.24) is 10.1 Å². The van der Waals surface area contributed by atoms with E-state index in [4.69, 9.17) is 14.4 Å². The van der Waals surface area contributed by atoms with E-state index in [1.165, 1.54) is 0 Å². The summed E-state index contributed by atoms with van der Waals surface area (Å²) < 4.78 is 10.6. The standard InChI is InChI=1S/C14H14N2O4/c1-19-11(8-5-3-2-4-6-8)12-15-13(20-16-12)9-7-10(9)14(17)18/h2-6,9-11H,7H2,1H3,(H,17,18). The highest BCUT2D eigenvalue weighted by molar-refractivity contribution is 5.74. The van der Waals surface area contributed by atoms with E-state index < -0.39 is 18.0 Å². The number of nitrogens with zero attached hydrogens (tertiary/aromatic N) is 2. The summed E-state index contributed by atoms with van der Waals surface area (Å²) in [6, 6.07) is 9.57. The summed E-state index contributed by atoms with van der Waals surface area (Å²) >= 11 is 0. The molecule has 3 rings (SSSR count). The molecule has 1 heterocycles. The van der Waals surface area contributed by atoms with Gasteiger partial charge in [0, 0.05) is 7.11 Å². The maximum absolute atomic E-state index is 10.8. The number of benzene rings is 1. The van der Waals surface area contributed by atoms with E-state index in [1.807, 2.05) is 30.3 Å². The third kappa shape index (κ3) is 2.30. The van der Waals surface area contributed by atoms with Gasteiger partial charge in [-0.2, -0.15) is 4.98 Å². The van der Waals surface area contributed by atoms with Crippen molar-refractivity contribution < 1.29 is 19.2 Å². The number of methoxy groups -OCH3 is 1. The van der Waals surface area contributed by atoms with E-state index in [0.717, 1.165) is 5.56 Å². The summed E-state index contributed by atoms with van der Waals surface area (Å²) in [5.41, 5.74) is 0.924. The summed E-state index contributed by atoms with van der Waals surface area (Å²) in [5, 5.41) is 12.8. The van der Waals surface area contributed by atoms with Crippen molar-refractivity contribution >= 4 is 5.97 Å². The molecule has 0 saturated heterocycles. The van der Waals surface area contributed by atoms with Gasteiger partial charge in [-0.1, -0.05) is 35.5 Å². The van der Waals surface area contributed by atoms with Crippen molar-refractivity contribution in [3.05, 3.63) is 47.6 Å². The van der Waals surface area contributed by atoms with Crippen LogP contribution in [-0.2, 0) is 9.53 Å².